The number of carbonyl (C=O) groups excluding carboxylic acids is 1. The van der Waals surface area contributed by atoms with Crippen LogP contribution in [0, 0.1) is 0 Å². The molecule has 0 fully saturated rings. The van der Waals surface area contributed by atoms with Crippen LogP contribution in [0.25, 0.3) is 6.08 Å². The Kier molecular flexibility index (Phi) is 4.71. The highest BCUT2D eigenvalue weighted by atomic mass is 16.1. The molecule has 1 aromatic carbocycles. The maximum absolute atomic E-state index is 11.7. The maximum atomic E-state index is 11.7. The van der Waals surface area contributed by atoms with Crippen LogP contribution in [0.1, 0.15) is 36.5 Å². The fraction of sp³-hybridized carbons (Fsp3) is 0.250. The standard InChI is InChI=1S/C16H19N3O/c1-12(2)15-6-3-13(4-7-15)5-8-16(20)17-9-14-10-18-19-11-14/h3-8,10-12H,9H2,1-2H3,(H,17,20)(H,18,19)/b8-5+. The van der Waals surface area contributed by atoms with E-state index in [4.69, 9.17) is 0 Å². The molecule has 2 aromatic rings. The van der Waals surface area contributed by atoms with Crippen LogP contribution in [0.5, 0.6) is 0 Å². The number of hydrogen-bond donors (Lipinski definition) is 2. The first kappa shape index (κ1) is 14.1. The lowest BCUT2D eigenvalue weighted by Gasteiger charge is -2.04. The van der Waals surface area contributed by atoms with Gasteiger partial charge >= 0.3 is 0 Å². The molecule has 2 N–H and O–H groups in total. The topological polar surface area (TPSA) is 57.8 Å². The van der Waals surface area contributed by atoms with Gasteiger partial charge in [-0.15, -0.1) is 0 Å². The van der Waals surface area contributed by atoms with Crippen molar-refractivity contribution in [2.24, 2.45) is 0 Å². The Morgan fingerprint density at radius 3 is 2.70 bits per heavy atom. The molecule has 0 aliphatic rings. The Balaban J connectivity index is 1.86. The summed E-state index contributed by atoms with van der Waals surface area (Å²) in [5.74, 6) is 0.408. The number of benzene rings is 1. The highest BCUT2D eigenvalue weighted by Crippen LogP contribution is 2.15. The van der Waals surface area contributed by atoms with Gasteiger partial charge in [0.2, 0.25) is 5.91 Å². The molecule has 0 saturated heterocycles. The highest BCUT2D eigenvalue weighted by molar-refractivity contribution is 5.91. The molecule has 0 spiro atoms. The predicted molar refractivity (Wildman–Crippen MR) is 80.0 cm³/mol. The van der Waals surface area contributed by atoms with E-state index in [-0.39, 0.29) is 5.91 Å². The van der Waals surface area contributed by atoms with Crippen molar-refractivity contribution in [3.05, 3.63) is 59.4 Å². The Hall–Kier alpha value is -2.36. The number of amides is 1. The minimum atomic E-state index is -0.112. The quantitative estimate of drug-likeness (QED) is 0.820. The third-order valence-corrected chi connectivity index (χ3v) is 3.05. The van der Waals surface area contributed by atoms with Gasteiger partial charge in [-0.3, -0.25) is 9.89 Å². The van der Waals surface area contributed by atoms with Gasteiger partial charge in [0.1, 0.15) is 0 Å². The van der Waals surface area contributed by atoms with Gasteiger partial charge in [-0.1, -0.05) is 38.1 Å². The summed E-state index contributed by atoms with van der Waals surface area (Å²) in [5.41, 5.74) is 3.27. The molecule has 1 aromatic heterocycles. The summed E-state index contributed by atoms with van der Waals surface area (Å²) in [6.45, 7) is 4.80. The summed E-state index contributed by atoms with van der Waals surface area (Å²) in [6, 6.07) is 8.23. The van der Waals surface area contributed by atoms with Crippen molar-refractivity contribution in [3.8, 4) is 0 Å². The van der Waals surface area contributed by atoms with Gasteiger partial charge in [-0.2, -0.15) is 5.10 Å². The molecule has 0 saturated carbocycles. The molecule has 1 heterocycles. The number of rotatable bonds is 5. The third-order valence-electron chi connectivity index (χ3n) is 3.05. The molecule has 0 bridgehead atoms. The SMILES string of the molecule is CC(C)c1ccc(/C=C/C(=O)NCc2cn[nH]c2)cc1. The van der Waals surface area contributed by atoms with Crippen molar-refractivity contribution in [1.29, 1.82) is 0 Å². The first-order valence-electron chi connectivity index (χ1n) is 6.68. The van der Waals surface area contributed by atoms with Crippen LogP contribution in [-0.2, 0) is 11.3 Å². The molecule has 1 amide bonds. The van der Waals surface area contributed by atoms with E-state index in [1.165, 1.54) is 5.56 Å². The highest BCUT2D eigenvalue weighted by Gasteiger charge is 1.99. The van der Waals surface area contributed by atoms with Crippen LogP contribution in [0.3, 0.4) is 0 Å². The molecule has 0 unspecified atom stereocenters. The molecular weight excluding hydrogens is 250 g/mol. The Morgan fingerprint density at radius 1 is 1.35 bits per heavy atom. The van der Waals surface area contributed by atoms with E-state index in [0.717, 1.165) is 11.1 Å². The van der Waals surface area contributed by atoms with Gasteiger partial charge in [0.25, 0.3) is 0 Å². The third kappa shape index (κ3) is 4.09. The minimum Gasteiger partial charge on any atom is -0.348 e. The summed E-state index contributed by atoms with van der Waals surface area (Å²) < 4.78 is 0. The lowest BCUT2D eigenvalue weighted by Crippen LogP contribution is -2.19. The number of aromatic nitrogens is 2. The van der Waals surface area contributed by atoms with Crippen molar-refractivity contribution in [3.63, 3.8) is 0 Å². The van der Waals surface area contributed by atoms with Crippen molar-refractivity contribution in [2.45, 2.75) is 26.3 Å². The minimum absolute atomic E-state index is 0.112. The van der Waals surface area contributed by atoms with E-state index >= 15 is 0 Å². The molecule has 0 atom stereocenters. The summed E-state index contributed by atoms with van der Waals surface area (Å²) in [4.78, 5) is 11.7. The average Bonchev–Trinajstić information content (AvgIpc) is 2.96. The zero-order valence-electron chi connectivity index (χ0n) is 11.8. The van der Waals surface area contributed by atoms with Gasteiger partial charge in [-0.05, 0) is 23.1 Å². The Labute approximate surface area is 118 Å². The normalized spacial score (nSPS) is 11.2. The van der Waals surface area contributed by atoms with Crippen molar-refractivity contribution >= 4 is 12.0 Å². The second-order valence-electron chi connectivity index (χ2n) is 4.98. The largest absolute Gasteiger partial charge is 0.348 e. The molecule has 4 heteroatoms. The van der Waals surface area contributed by atoms with E-state index in [1.54, 1.807) is 18.5 Å². The van der Waals surface area contributed by atoms with Crippen LogP contribution in [0.2, 0.25) is 0 Å². The van der Waals surface area contributed by atoms with Crippen LogP contribution in [0.15, 0.2) is 42.7 Å². The molecular formula is C16H19N3O. The van der Waals surface area contributed by atoms with E-state index in [0.29, 0.717) is 12.5 Å². The van der Waals surface area contributed by atoms with Gasteiger partial charge in [0, 0.05) is 24.4 Å². The Bertz CT molecular complexity index is 568. The molecule has 0 radical (unpaired) electrons. The van der Waals surface area contributed by atoms with Crippen molar-refractivity contribution in [1.82, 2.24) is 15.5 Å². The van der Waals surface area contributed by atoms with Gasteiger partial charge in [0.15, 0.2) is 0 Å². The van der Waals surface area contributed by atoms with Crippen LogP contribution >= 0.6 is 0 Å². The number of hydrogen-bond acceptors (Lipinski definition) is 2. The number of aromatic amines is 1. The van der Waals surface area contributed by atoms with Crippen LogP contribution in [0.4, 0.5) is 0 Å². The van der Waals surface area contributed by atoms with Crippen molar-refractivity contribution in [2.75, 3.05) is 0 Å². The molecule has 104 valence electrons. The van der Waals surface area contributed by atoms with Gasteiger partial charge in [-0.25, -0.2) is 0 Å². The maximum Gasteiger partial charge on any atom is 0.244 e. The van der Waals surface area contributed by atoms with E-state index in [1.807, 2.05) is 18.2 Å². The van der Waals surface area contributed by atoms with Crippen molar-refractivity contribution < 1.29 is 4.79 Å². The lowest BCUT2D eigenvalue weighted by atomic mass is 10.0. The van der Waals surface area contributed by atoms with E-state index in [2.05, 4.69) is 41.5 Å². The summed E-state index contributed by atoms with van der Waals surface area (Å²) >= 11 is 0. The molecule has 0 aliphatic carbocycles. The molecule has 20 heavy (non-hydrogen) atoms. The van der Waals surface area contributed by atoms with Crippen LogP contribution < -0.4 is 5.32 Å². The molecule has 4 nitrogen and oxygen atoms in total. The van der Waals surface area contributed by atoms with Gasteiger partial charge in [0.05, 0.1) is 6.20 Å². The second-order valence-corrected chi connectivity index (χ2v) is 4.98. The van der Waals surface area contributed by atoms with Crippen LogP contribution in [-0.4, -0.2) is 16.1 Å². The van der Waals surface area contributed by atoms with E-state index in [9.17, 15) is 4.79 Å². The second kappa shape index (κ2) is 6.70. The number of nitrogens with zero attached hydrogens (tertiary/aromatic N) is 1. The molecule has 0 aliphatic heterocycles. The number of nitrogens with one attached hydrogen (secondary N) is 2. The number of H-pyrrole nitrogens is 1. The summed E-state index contributed by atoms with van der Waals surface area (Å²) in [7, 11) is 0. The lowest BCUT2D eigenvalue weighted by molar-refractivity contribution is -0.116. The zero-order valence-corrected chi connectivity index (χ0v) is 11.8. The fourth-order valence-corrected chi connectivity index (χ4v) is 1.79. The zero-order chi connectivity index (χ0) is 14.4. The Morgan fingerprint density at radius 2 is 2.10 bits per heavy atom. The summed E-state index contributed by atoms with van der Waals surface area (Å²) in [6.07, 6.45) is 6.81. The average molecular weight is 269 g/mol. The number of carbonyl (C=O) groups is 1. The first-order valence-corrected chi connectivity index (χ1v) is 6.68. The van der Waals surface area contributed by atoms with E-state index < -0.39 is 0 Å². The smallest absolute Gasteiger partial charge is 0.244 e. The fourth-order valence-electron chi connectivity index (χ4n) is 1.79. The molecule has 2 rings (SSSR count). The monoisotopic (exact) mass is 269 g/mol. The summed E-state index contributed by atoms with van der Waals surface area (Å²) in [5, 5.41) is 9.33. The first-order chi connectivity index (χ1) is 9.65. The predicted octanol–water partition coefficient (Wildman–Crippen LogP) is 2.86. The van der Waals surface area contributed by atoms with Gasteiger partial charge < -0.3 is 5.32 Å².